The molecular formula is C20H22N2. The van der Waals surface area contributed by atoms with Crippen LogP contribution in [0.4, 0.5) is 0 Å². The van der Waals surface area contributed by atoms with Crippen LogP contribution in [-0.4, -0.2) is 17.6 Å². The van der Waals surface area contributed by atoms with E-state index in [1.165, 1.54) is 46.9 Å². The average molecular weight is 290 g/mol. The molecule has 2 nitrogen and oxygen atoms in total. The van der Waals surface area contributed by atoms with Crippen LogP contribution >= 0.6 is 0 Å². The summed E-state index contributed by atoms with van der Waals surface area (Å²) in [4.78, 5) is 3.36. The highest BCUT2D eigenvalue weighted by Gasteiger charge is 2.17. The normalized spacial score (nSPS) is 17.5. The van der Waals surface area contributed by atoms with Crippen molar-refractivity contribution in [2.24, 2.45) is 0 Å². The van der Waals surface area contributed by atoms with Gasteiger partial charge in [-0.2, -0.15) is 0 Å². The van der Waals surface area contributed by atoms with Crippen LogP contribution in [0.1, 0.15) is 23.1 Å². The number of hydrogen-bond donors (Lipinski definition) is 2. The maximum Gasteiger partial charge on any atom is 0.0456 e. The summed E-state index contributed by atoms with van der Waals surface area (Å²) in [6.07, 6.45) is 6.88. The topological polar surface area (TPSA) is 27.8 Å². The van der Waals surface area contributed by atoms with E-state index in [2.05, 4.69) is 65.0 Å². The molecule has 0 fully saturated rings. The lowest BCUT2D eigenvalue weighted by molar-refractivity contribution is 0.462. The van der Waals surface area contributed by atoms with E-state index in [4.69, 9.17) is 0 Å². The van der Waals surface area contributed by atoms with E-state index >= 15 is 0 Å². The van der Waals surface area contributed by atoms with Gasteiger partial charge in [0.25, 0.3) is 0 Å². The van der Waals surface area contributed by atoms with Crippen LogP contribution in [-0.2, 0) is 19.3 Å². The van der Waals surface area contributed by atoms with Crippen LogP contribution in [0.15, 0.2) is 54.7 Å². The molecule has 2 aromatic carbocycles. The van der Waals surface area contributed by atoms with Crippen molar-refractivity contribution in [3.8, 4) is 0 Å². The molecule has 1 aliphatic carbocycles. The quantitative estimate of drug-likeness (QED) is 0.750. The summed E-state index contributed by atoms with van der Waals surface area (Å²) < 4.78 is 0. The van der Waals surface area contributed by atoms with E-state index in [1.807, 2.05) is 0 Å². The van der Waals surface area contributed by atoms with Gasteiger partial charge in [0, 0.05) is 23.1 Å². The lowest BCUT2D eigenvalue weighted by Crippen LogP contribution is -2.35. The summed E-state index contributed by atoms with van der Waals surface area (Å²) in [5.74, 6) is 0. The van der Waals surface area contributed by atoms with Crippen molar-refractivity contribution in [2.45, 2.75) is 31.7 Å². The Labute approximate surface area is 131 Å². The number of H-pyrrole nitrogens is 1. The molecule has 0 aliphatic heterocycles. The van der Waals surface area contributed by atoms with Gasteiger partial charge in [0.1, 0.15) is 0 Å². The predicted molar refractivity (Wildman–Crippen MR) is 92.3 cm³/mol. The largest absolute Gasteiger partial charge is 0.361 e. The number of fused-ring (bicyclic) bond motifs is 2. The van der Waals surface area contributed by atoms with Crippen molar-refractivity contribution in [3.05, 3.63) is 71.4 Å². The van der Waals surface area contributed by atoms with Crippen LogP contribution in [0.25, 0.3) is 10.9 Å². The Hall–Kier alpha value is -2.06. The van der Waals surface area contributed by atoms with Crippen molar-refractivity contribution in [1.82, 2.24) is 10.3 Å². The fraction of sp³-hybridized carbons (Fsp3) is 0.300. The van der Waals surface area contributed by atoms with Gasteiger partial charge in [0.05, 0.1) is 0 Å². The summed E-state index contributed by atoms with van der Waals surface area (Å²) in [7, 11) is 0. The first-order valence-corrected chi connectivity index (χ1v) is 8.25. The molecule has 1 heterocycles. The molecule has 0 bridgehead atoms. The zero-order valence-corrected chi connectivity index (χ0v) is 12.8. The Morgan fingerprint density at radius 1 is 1.00 bits per heavy atom. The number of hydrogen-bond acceptors (Lipinski definition) is 1. The highest BCUT2D eigenvalue weighted by Crippen LogP contribution is 2.21. The Balaban J connectivity index is 1.36. The van der Waals surface area contributed by atoms with Gasteiger partial charge in [-0.3, -0.25) is 0 Å². The minimum absolute atomic E-state index is 0.625. The molecule has 0 saturated carbocycles. The molecule has 3 aromatic rings. The minimum atomic E-state index is 0.625. The predicted octanol–water partition coefficient (Wildman–Crippen LogP) is 3.86. The van der Waals surface area contributed by atoms with Gasteiger partial charge >= 0.3 is 0 Å². The van der Waals surface area contributed by atoms with E-state index in [0.717, 1.165) is 13.0 Å². The maximum atomic E-state index is 3.75. The lowest BCUT2D eigenvalue weighted by Gasteiger charge is -2.25. The van der Waals surface area contributed by atoms with E-state index in [9.17, 15) is 0 Å². The van der Waals surface area contributed by atoms with Crippen LogP contribution in [0.5, 0.6) is 0 Å². The van der Waals surface area contributed by atoms with Gasteiger partial charge in [-0.1, -0.05) is 42.5 Å². The number of aromatic amines is 1. The van der Waals surface area contributed by atoms with Gasteiger partial charge in [-0.25, -0.2) is 0 Å². The summed E-state index contributed by atoms with van der Waals surface area (Å²) in [5, 5.41) is 5.11. The smallest absolute Gasteiger partial charge is 0.0456 e. The maximum absolute atomic E-state index is 3.75. The van der Waals surface area contributed by atoms with Crippen LogP contribution in [0.3, 0.4) is 0 Å². The minimum Gasteiger partial charge on any atom is -0.361 e. The van der Waals surface area contributed by atoms with E-state index in [1.54, 1.807) is 0 Å². The summed E-state index contributed by atoms with van der Waals surface area (Å²) in [5.41, 5.74) is 5.72. The van der Waals surface area contributed by atoms with Crippen LogP contribution in [0.2, 0.25) is 0 Å². The molecule has 4 rings (SSSR count). The lowest BCUT2D eigenvalue weighted by atomic mass is 9.88. The molecule has 0 radical (unpaired) electrons. The molecule has 2 heteroatoms. The monoisotopic (exact) mass is 290 g/mol. The van der Waals surface area contributed by atoms with Gasteiger partial charge < -0.3 is 10.3 Å². The van der Waals surface area contributed by atoms with Crippen molar-refractivity contribution in [1.29, 1.82) is 0 Å². The third-order valence-electron chi connectivity index (χ3n) is 4.85. The number of para-hydroxylation sites is 1. The molecule has 2 N–H and O–H groups in total. The second kappa shape index (κ2) is 5.98. The fourth-order valence-electron chi connectivity index (χ4n) is 3.62. The standard InChI is InChI=1S/C20H22N2/c1-2-6-16-13-18(10-9-15(16)5-1)21-12-11-17-14-22-20-8-4-3-7-19(17)20/h1-8,14,18,21-22H,9-13H2/t18-/m0/s1. The fourth-order valence-corrected chi connectivity index (χ4v) is 3.62. The average Bonchev–Trinajstić information content (AvgIpc) is 2.98. The van der Waals surface area contributed by atoms with E-state index in [0.29, 0.717) is 6.04 Å². The zero-order valence-electron chi connectivity index (χ0n) is 12.8. The van der Waals surface area contributed by atoms with Crippen LogP contribution in [0, 0.1) is 0 Å². The van der Waals surface area contributed by atoms with Gasteiger partial charge in [0.15, 0.2) is 0 Å². The second-order valence-corrected chi connectivity index (χ2v) is 6.27. The highest BCUT2D eigenvalue weighted by atomic mass is 14.9. The summed E-state index contributed by atoms with van der Waals surface area (Å²) >= 11 is 0. The Morgan fingerprint density at radius 2 is 1.82 bits per heavy atom. The van der Waals surface area contributed by atoms with Gasteiger partial charge in [-0.05, 0) is 55.0 Å². The molecule has 0 saturated heterocycles. The molecule has 1 atom stereocenters. The van der Waals surface area contributed by atoms with Crippen molar-refractivity contribution in [2.75, 3.05) is 6.54 Å². The summed E-state index contributed by atoms with van der Waals surface area (Å²) in [6.45, 7) is 1.05. The highest BCUT2D eigenvalue weighted by molar-refractivity contribution is 5.83. The molecule has 1 aromatic heterocycles. The first-order chi connectivity index (χ1) is 10.9. The third kappa shape index (κ3) is 2.67. The first kappa shape index (κ1) is 13.6. The van der Waals surface area contributed by atoms with Crippen LogP contribution < -0.4 is 5.32 Å². The Kier molecular flexibility index (Phi) is 3.69. The van der Waals surface area contributed by atoms with E-state index in [-0.39, 0.29) is 0 Å². The van der Waals surface area contributed by atoms with Crippen molar-refractivity contribution in [3.63, 3.8) is 0 Å². The Morgan fingerprint density at radius 3 is 2.77 bits per heavy atom. The number of nitrogens with one attached hydrogen (secondary N) is 2. The second-order valence-electron chi connectivity index (χ2n) is 6.27. The number of aromatic nitrogens is 1. The molecule has 22 heavy (non-hydrogen) atoms. The molecule has 0 spiro atoms. The summed E-state index contributed by atoms with van der Waals surface area (Å²) in [6, 6.07) is 18.0. The van der Waals surface area contributed by atoms with Gasteiger partial charge in [0.2, 0.25) is 0 Å². The van der Waals surface area contributed by atoms with Gasteiger partial charge in [-0.15, -0.1) is 0 Å². The SMILES string of the molecule is c1ccc2c(c1)CC[C@H](NCCc1c[nH]c3ccccc13)C2. The third-order valence-corrected chi connectivity index (χ3v) is 4.85. The first-order valence-electron chi connectivity index (χ1n) is 8.25. The number of aryl methyl sites for hydroxylation is 1. The molecule has 0 amide bonds. The molecule has 112 valence electrons. The molecular weight excluding hydrogens is 268 g/mol. The number of benzene rings is 2. The van der Waals surface area contributed by atoms with E-state index < -0.39 is 0 Å². The van der Waals surface area contributed by atoms with Crippen molar-refractivity contribution < 1.29 is 0 Å². The molecule has 1 aliphatic rings. The van der Waals surface area contributed by atoms with Crippen molar-refractivity contribution >= 4 is 10.9 Å². The number of rotatable bonds is 4. The Bertz CT molecular complexity index is 772. The molecule has 0 unspecified atom stereocenters. The zero-order chi connectivity index (χ0) is 14.8.